The number of amides is 2. The predicted molar refractivity (Wildman–Crippen MR) is 79.8 cm³/mol. The molecule has 6 heteroatoms. The van der Waals surface area contributed by atoms with E-state index in [2.05, 4.69) is 0 Å². The highest BCUT2D eigenvalue weighted by Crippen LogP contribution is 2.22. The van der Waals surface area contributed by atoms with Crippen LogP contribution in [0.5, 0.6) is 0 Å². The van der Waals surface area contributed by atoms with Gasteiger partial charge in [0.15, 0.2) is 0 Å². The van der Waals surface area contributed by atoms with Crippen LogP contribution in [0.1, 0.15) is 46.5 Å². The van der Waals surface area contributed by atoms with E-state index in [0.717, 1.165) is 32.2 Å². The maximum Gasteiger partial charge on any atom is 0.410 e. The molecule has 2 saturated heterocycles. The summed E-state index contributed by atoms with van der Waals surface area (Å²) in [6, 6.07) is -0.305. The van der Waals surface area contributed by atoms with Gasteiger partial charge in [0.1, 0.15) is 5.60 Å². The van der Waals surface area contributed by atoms with Crippen molar-refractivity contribution in [2.45, 2.75) is 64.1 Å². The highest BCUT2D eigenvalue weighted by Gasteiger charge is 2.35. The lowest BCUT2D eigenvalue weighted by Gasteiger charge is -2.42. The molecular weight excluding hydrogens is 270 g/mol. The summed E-state index contributed by atoms with van der Waals surface area (Å²) in [5.74, 6) is 0.0253. The molecule has 2 fully saturated rings. The summed E-state index contributed by atoms with van der Waals surface area (Å²) in [6.45, 7) is 7.57. The van der Waals surface area contributed by atoms with Gasteiger partial charge in [0, 0.05) is 25.7 Å². The topological polar surface area (TPSA) is 75.9 Å². The van der Waals surface area contributed by atoms with Crippen LogP contribution in [0.15, 0.2) is 0 Å². The molecule has 0 aromatic carbocycles. The minimum absolute atomic E-state index is 0.0253. The van der Waals surface area contributed by atoms with E-state index in [1.165, 1.54) is 0 Å². The first-order valence-corrected chi connectivity index (χ1v) is 7.82. The highest BCUT2D eigenvalue weighted by atomic mass is 16.6. The molecule has 0 saturated carbocycles. The number of likely N-dealkylation sites (tertiary alicyclic amines) is 2. The molecule has 2 N–H and O–H groups in total. The van der Waals surface area contributed by atoms with Crippen LogP contribution in [0, 0.1) is 0 Å². The third-order valence-corrected chi connectivity index (χ3v) is 4.00. The van der Waals surface area contributed by atoms with Crippen molar-refractivity contribution in [2.75, 3.05) is 19.6 Å². The van der Waals surface area contributed by atoms with Crippen LogP contribution in [-0.2, 0) is 9.53 Å². The number of hydrogen-bond donors (Lipinski definition) is 1. The molecule has 0 radical (unpaired) electrons. The van der Waals surface area contributed by atoms with E-state index < -0.39 is 5.60 Å². The van der Waals surface area contributed by atoms with E-state index in [1.54, 1.807) is 4.90 Å². The van der Waals surface area contributed by atoms with Gasteiger partial charge in [0.25, 0.3) is 0 Å². The molecule has 21 heavy (non-hydrogen) atoms. The highest BCUT2D eigenvalue weighted by molar-refractivity contribution is 5.82. The van der Waals surface area contributed by atoms with E-state index >= 15 is 0 Å². The average molecular weight is 297 g/mol. The number of rotatable bonds is 1. The summed E-state index contributed by atoms with van der Waals surface area (Å²) in [5, 5.41) is 0. The average Bonchev–Trinajstić information content (AvgIpc) is 2.40. The summed E-state index contributed by atoms with van der Waals surface area (Å²) < 4.78 is 5.42. The first-order valence-electron chi connectivity index (χ1n) is 7.82. The monoisotopic (exact) mass is 297 g/mol. The van der Waals surface area contributed by atoms with E-state index in [9.17, 15) is 9.59 Å². The largest absolute Gasteiger partial charge is 0.444 e. The van der Waals surface area contributed by atoms with Crippen LogP contribution in [0.2, 0.25) is 0 Å². The molecule has 2 aliphatic rings. The summed E-state index contributed by atoms with van der Waals surface area (Å²) in [6.07, 6.45) is 3.23. The van der Waals surface area contributed by atoms with Crippen molar-refractivity contribution in [3.8, 4) is 0 Å². The fourth-order valence-electron chi connectivity index (χ4n) is 2.99. The van der Waals surface area contributed by atoms with Crippen LogP contribution in [0.3, 0.4) is 0 Å². The van der Waals surface area contributed by atoms with Crippen molar-refractivity contribution >= 4 is 12.0 Å². The molecule has 6 nitrogen and oxygen atoms in total. The molecule has 2 heterocycles. The lowest BCUT2D eigenvalue weighted by molar-refractivity contribution is -0.138. The Morgan fingerprint density at radius 3 is 2.57 bits per heavy atom. The number of nitrogens with zero attached hydrogens (tertiary/aromatic N) is 2. The van der Waals surface area contributed by atoms with Gasteiger partial charge in [-0.1, -0.05) is 0 Å². The van der Waals surface area contributed by atoms with Gasteiger partial charge in [0.05, 0.1) is 6.04 Å². The molecule has 120 valence electrons. The number of ether oxygens (including phenoxy) is 1. The van der Waals surface area contributed by atoms with Crippen molar-refractivity contribution in [2.24, 2.45) is 5.73 Å². The summed E-state index contributed by atoms with van der Waals surface area (Å²) in [5.41, 5.74) is 5.36. The van der Waals surface area contributed by atoms with Crippen molar-refractivity contribution in [3.05, 3.63) is 0 Å². The molecule has 2 atom stereocenters. The Bertz CT molecular complexity index is 405. The molecular formula is C15H27N3O3. The van der Waals surface area contributed by atoms with Crippen LogP contribution in [0.25, 0.3) is 0 Å². The van der Waals surface area contributed by atoms with Crippen molar-refractivity contribution in [1.29, 1.82) is 0 Å². The zero-order chi connectivity index (χ0) is 15.6. The van der Waals surface area contributed by atoms with Crippen molar-refractivity contribution < 1.29 is 14.3 Å². The van der Waals surface area contributed by atoms with Gasteiger partial charge in [-0.3, -0.25) is 4.79 Å². The van der Waals surface area contributed by atoms with Crippen LogP contribution in [-0.4, -0.2) is 59.1 Å². The maximum atomic E-state index is 12.2. The van der Waals surface area contributed by atoms with Gasteiger partial charge in [-0.2, -0.15) is 0 Å². The lowest BCUT2D eigenvalue weighted by atomic mass is 9.98. The quantitative estimate of drug-likeness (QED) is 0.792. The van der Waals surface area contributed by atoms with E-state index in [0.29, 0.717) is 13.1 Å². The first kappa shape index (κ1) is 16.1. The Kier molecular flexibility index (Phi) is 4.76. The number of carbonyl (C=O) groups excluding carboxylic acids is 2. The Morgan fingerprint density at radius 1 is 1.24 bits per heavy atom. The predicted octanol–water partition coefficient (Wildman–Crippen LogP) is 1.34. The molecule has 2 rings (SSSR count). The molecule has 0 aliphatic carbocycles. The van der Waals surface area contributed by atoms with Gasteiger partial charge in [0.2, 0.25) is 5.91 Å². The van der Waals surface area contributed by atoms with E-state index in [4.69, 9.17) is 10.5 Å². The fraction of sp³-hybridized carbons (Fsp3) is 0.867. The minimum atomic E-state index is -0.493. The Hall–Kier alpha value is -1.30. The molecule has 0 aromatic heterocycles. The van der Waals surface area contributed by atoms with Crippen LogP contribution < -0.4 is 5.73 Å². The fourth-order valence-corrected chi connectivity index (χ4v) is 2.99. The molecule has 2 aliphatic heterocycles. The van der Waals surface area contributed by atoms with Gasteiger partial charge in [-0.05, 0) is 46.5 Å². The first-order chi connectivity index (χ1) is 9.78. The summed E-state index contributed by atoms with van der Waals surface area (Å²) in [4.78, 5) is 27.9. The number of hydrogen-bond acceptors (Lipinski definition) is 4. The second kappa shape index (κ2) is 6.22. The second-order valence-electron chi connectivity index (χ2n) is 7.00. The van der Waals surface area contributed by atoms with Crippen molar-refractivity contribution in [3.63, 3.8) is 0 Å². The Labute approximate surface area is 126 Å². The molecule has 2 amide bonds. The van der Waals surface area contributed by atoms with Gasteiger partial charge in [-0.15, -0.1) is 0 Å². The zero-order valence-electron chi connectivity index (χ0n) is 13.3. The number of piperidine rings is 2. The number of nitrogens with two attached hydrogens (primary N) is 1. The molecule has 1 unspecified atom stereocenters. The smallest absolute Gasteiger partial charge is 0.410 e. The van der Waals surface area contributed by atoms with Crippen molar-refractivity contribution in [1.82, 2.24) is 9.80 Å². The summed E-state index contributed by atoms with van der Waals surface area (Å²) >= 11 is 0. The third-order valence-electron chi connectivity index (χ3n) is 4.00. The van der Waals surface area contributed by atoms with Gasteiger partial charge >= 0.3 is 6.09 Å². The second-order valence-corrected chi connectivity index (χ2v) is 7.00. The standard InChI is InChI=1S/C15H27N3O3/c1-15(2,3)21-14(20)17-8-4-6-11(10-17)18-9-5-7-12(16)13(18)19/h11-12H,4-10,16H2,1-3H3/t11-,12?/m1/s1. The minimum Gasteiger partial charge on any atom is -0.444 e. The van der Waals surface area contributed by atoms with Crippen LogP contribution >= 0.6 is 0 Å². The Balaban J connectivity index is 1.97. The SMILES string of the molecule is CC(C)(C)OC(=O)N1CCC[C@@H](N2CCCC(N)C2=O)C1. The molecule has 0 spiro atoms. The van der Waals surface area contributed by atoms with E-state index in [-0.39, 0.29) is 24.1 Å². The zero-order valence-corrected chi connectivity index (χ0v) is 13.3. The Morgan fingerprint density at radius 2 is 1.90 bits per heavy atom. The molecule has 0 bridgehead atoms. The van der Waals surface area contributed by atoms with Gasteiger partial charge < -0.3 is 20.3 Å². The normalized spacial score (nSPS) is 27.7. The van der Waals surface area contributed by atoms with E-state index in [1.807, 2.05) is 25.7 Å². The maximum absolute atomic E-state index is 12.2. The lowest BCUT2D eigenvalue weighted by Crippen LogP contribution is -2.57. The van der Waals surface area contributed by atoms with Crippen LogP contribution in [0.4, 0.5) is 4.79 Å². The number of carbonyl (C=O) groups is 2. The summed E-state index contributed by atoms with van der Waals surface area (Å²) in [7, 11) is 0. The van der Waals surface area contributed by atoms with Gasteiger partial charge in [-0.25, -0.2) is 4.79 Å². The third kappa shape index (κ3) is 4.09. The molecule has 0 aromatic rings.